The van der Waals surface area contributed by atoms with E-state index in [9.17, 15) is 14.4 Å². The molecular weight excluding hydrogens is 590 g/mol. The van der Waals surface area contributed by atoms with Crippen molar-refractivity contribution in [3.63, 3.8) is 0 Å². The highest BCUT2D eigenvalue weighted by Crippen LogP contribution is 2.25. The van der Waals surface area contributed by atoms with Crippen LogP contribution in [0.3, 0.4) is 0 Å². The molecule has 3 N–H and O–H groups in total. The molecular formula is C31H26BrN3O4S. The molecule has 0 bridgehead atoms. The molecule has 0 spiro atoms. The van der Waals surface area contributed by atoms with Crippen molar-refractivity contribution in [1.29, 1.82) is 0 Å². The van der Waals surface area contributed by atoms with Gasteiger partial charge in [0, 0.05) is 20.6 Å². The summed E-state index contributed by atoms with van der Waals surface area (Å²) in [7, 11) is 1.55. The number of hydrogen-bond acceptors (Lipinski definition) is 5. The van der Waals surface area contributed by atoms with Crippen LogP contribution < -0.4 is 20.7 Å². The second-order valence-electron chi connectivity index (χ2n) is 8.45. The molecule has 3 amide bonds. The van der Waals surface area contributed by atoms with E-state index in [0.717, 1.165) is 14.9 Å². The summed E-state index contributed by atoms with van der Waals surface area (Å²) in [5, 5.41) is 8.43. The van der Waals surface area contributed by atoms with Crippen molar-refractivity contribution < 1.29 is 19.1 Å². The van der Waals surface area contributed by atoms with E-state index in [-0.39, 0.29) is 17.4 Å². The number of anilines is 2. The zero-order valence-corrected chi connectivity index (χ0v) is 23.9. The lowest BCUT2D eigenvalue weighted by molar-refractivity contribution is -0.114. The van der Waals surface area contributed by atoms with E-state index in [1.54, 1.807) is 67.8 Å². The lowest BCUT2D eigenvalue weighted by Gasteiger charge is -2.12. The van der Waals surface area contributed by atoms with Crippen molar-refractivity contribution >= 4 is 62.9 Å². The zero-order valence-electron chi connectivity index (χ0n) is 21.5. The van der Waals surface area contributed by atoms with Crippen LogP contribution in [0.15, 0.2) is 118 Å². The highest BCUT2D eigenvalue weighted by Gasteiger charge is 2.16. The van der Waals surface area contributed by atoms with Crippen molar-refractivity contribution in [1.82, 2.24) is 5.32 Å². The van der Waals surface area contributed by atoms with Gasteiger partial charge in [-0.15, -0.1) is 11.8 Å². The Labute approximate surface area is 245 Å². The molecule has 7 nitrogen and oxygen atoms in total. The maximum absolute atomic E-state index is 13.3. The third-order valence-electron chi connectivity index (χ3n) is 5.53. The van der Waals surface area contributed by atoms with E-state index in [1.807, 2.05) is 48.5 Å². The molecule has 0 radical (unpaired) electrons. The fourth-order valence-corrected chi connectivity index (χ4v) is 4.82. The van der Waals surface area contributed by atoms with Crippen molar-refractivity contribution in [3.8, 4) is 5.75 Å². The Morgan fingerprint density at radius 1 is 0.850 bits per heavy atom. The fourth-order valence-electron chi connectivity index (χ4n) is 3.65. The molecule has 0 unspecified atom stereocenters. The first-order chi connectivity index (χ1) is 19.4. The molecule has 0 aromatic heterocycles. The Bertz CT molecular complexity index is 1540. The molecule has 4 rings (SSSR count). The summed E-state index contributed by atoms with van der Waals surface area (Å²) in [6, 6.07) is 30.4. The maximum Gasteiger partial charge on any atom is 0.272 e. The van der Waals surface area contributed by atoms with Crippen molar-refractivity contribution in [3.05, 3.63) is 124 Å². The Balaban J connectivity index is 1.45. The number of methoxy groups -OCH3 is 1. The first-order valence-electron chi connectivity index (χ1n) is 12.2. The van der Waals surface area contributed by atoms with Crippen LogP contribution in [0.4, 0.5) is 11.4 Å². The molecule has 9 heteroatoms. The summed E-state index contributed by atoms with van der Waals surface area (Å²) in [5.74, 6) is -0.331. The summed E-state index contributed by atoms with van der Waals surface area (Å²) >= 11 is 4.76. The normalized spacial score (nSPS) is 10.9. The standard InChI is InChI=1S/C31H26BrN3O4S/c1-39-28-16-6-5-15-26(28)34-29(36)20-40-25-14-8-13-24(19-25)33-31(38)27(18-21-9-7-12-23(32)17-21)35-30(37)22-10-3-2-4-11-22/h2-19H,20H2,1H3,(H,33,38)(H,34,36)(H,35,37)/b27-18+. The molecule has 0 atom stereocenters. The SMILES string of the molecule is COc1ccccc1NC(=O)CSc1cccc(NC(=O)/C(=C\c2cccc(Br)c2)NC(=O)c2ccccc2)c1. The zero-order chi connectivity index (χ0) is 28.3. The summed E-state index contributed by atoms with van der Waals surface area (Å²) in [6.45, 7) is 0. The first-order valence-corrected chi connectivity index (χ1v) is 14.0. The number of halogens is 1. The summed E-state index contributed by atoms with van der Waals surface area (Å²) in [5.41, 5.74) is 2.37. The summed E-state index contributed by atoms with van der Waals surface area (Å²) < 4.78 is 6.12. The van der Waals surface area contributed by atoms with Crippen LogP contribution in [-0.2, 0) is 9.59 Å². The number of carbonyl (C=O) groups excluding carboxylic acids is 3. The van der Waals surface area contributed by atoms with E-state index < -0.39 is 11.8 Å². The van der Waals surface area contributed by atoms with Crippen LogP contribution in [-0.4, -0.2) is 30.6 Å². The van der Waals surface area contributed by atoms with Crippen LogP contribution >= 0.6 is 27.7 Å². The molecule has 0 saturated carbocycles. The fraction of sp³-hybridized carbons (Fsp3) is 0.0645. The summed E-state index contributed by atoms with van der Waals surface area (Å²) in [6.07, 6.45) is 1.61. The van der Waals surface area contributed by atoms with Gasteiger partial charge in [-0.1, -0.05) is 64.5 Å². The van der Waals surface area contributed by atoms with Crippen molar-refractivity contribution in [2.24, 2.45) is 0 Å². The van der Waals surface area contributed by atoms with Gasteiger partial charge >= 0.3 is 0 Å². The number of rotatable bonds is 10. The molecule has 0 fully saturated rings. The Hall–Kier alpha value is -4.34. The van der Waals surface area contributed by atoms with Crippen LogP contribution in [0.2, 0.25) is 0 Å². The van der Waals surface area contributed by atoms with Crippen LogP contribution in [0.1, 0.15) is 15.9 Å². The predicted octanol–water partition coefficient (Wildman–Crippen LogP) is 6.60. The smallest absolute Gasteiger partial charge is 0.272 e. The minimum atomic E-state index is -0.486. The number of benzene rings is 4. The number of carbonyl (C=O) groups is 3. The van der Waals surface area contributed by atoms with E-state index in [0.29, 0.717) is 22.7 Å². The van der Waals surface area contributed by atoms with Gasteiger partial charge in [-0.3, -0.25) is 14.4 Å². The number of amides is 3. The topological polar surface area (TPSA) is 96.5 Å². The van der Waals surface area contributed by atoms with Crippen molar-refractivity contribution in [2.75, 3.05) is 23.5 Å². The van der Waals surface area contributed by atoms with E-state index >= 15 is 0 Å². The molecule has 0 heterocycles. The Kier molecular flexibility index (Phi) is 10.1. The van der Waals surface area contributed by atoms with E-state index in [2.05, 4.69) is 31.9 Å². The highest BCUT2D eigenvalue weighted by molar-refractivity contribution is 9.10. The molecule has 0 aliphatic heterocycles. The number of para-hydroxylation sites is 2. The quantitative estimate of drug-likeness (QED) is 0.138. The molecule has 0 saturated heterocycles. The maximum atomic E-state index is 13.3. The van der Waals surface area contributed by atoms with Crippen LogP contribution in [0.25, 0.3) is 6.08 Å². The number of hydrogen-bond donors (Lipinski definition) is 3. The van der Waals surface area contributed by atoms with Gasteiger partial charge in [-0.05, 0) is 66.2 Å². The summed E-state index contributed by atoms with van der Waals surface area (Å²) in [4.78, 5) is 39.5. The lowest BCUT2D eigenvalue weighted by atomic mass is 10.1. The second kappa shape index (κ2) is 14.2. The molecule has 0 aliphatic rings. The van der Waals surface area contributed by atoms with Gasteiger partial charge in [0.15, 0.2) is 0 Å². The van der Waals surface area contributed by atoms with Gasteiger partial charge in [0.2, 0.25) is 5.91 Å². The first kappa shape index (κ1) is 28.7. The van der Waals surface area contributed by atoms with Gasteiger partial charge < -0.3 is 20.7 Å². The third-order valence-corrected chi connectivity index (χ3v) is 7.02. The monoisotopic (exact) mass is 615 g/mol. The average molecular weight is 617 g/mol. The molecule has 202 valence electrons. The Morgan fingerprint density at radius 2 is 1.60 bits per heavy atom. The predicted molar refractivity (Wildman–Crippen MR) is 163 cm³/mol. The average Bonchev–Trinajstić information content (AvgIpc) is 2.96. The molecule has 0 aliphatic carbocycles. The molecule has 4 aromatic carbocycles. The Morgan fingerprint density at radius 3 is 2.38 bits per heavy atom. The van der Waals surface area contributed by atoms with Crippen LogP contribution in [0, 0.1) is 0 Å². The molecule has 4 aromatic rings. The molecule has 40 heavy (non-hydrogen) atoms. The number of nitrogens with one attached hydrogen (secondary N) is 3. The minimum Gasteiger partial charge on any atom is -0.495 e. The highest BCUT2D eigenvalue weighted by atomic mass is 79.9. The van der Waals surface area contributed by atoms with Gasteiger partial charge in [-0.25, -0.2) is 0 Å². The third kappa shape index (κ3) is 8.33. The second-order valence-corrected chi connectivity index (χ2v) is 10.4. The number of ether oxygens (including phenoxy) is 1. The van der Waals surface area contributed by atoms with Crippen LogP contribution in [0.5, 0.6) is 5.75 Å². The largest absolute Gasteiger partial charge is 0.495 e. The van der Waals surface area contributed by atoms with E-state index in [1.165, 1.54) is 11.8 Å². The van der Waals surface area contributed by atoms with Gasteiger partial charge in [0.05, 0.1) is 18.6 Å². The van der Waals surface area contributed by atoms with Gasteiger partial charge in [0.25, 0.3) is 11.8 Å². The van der Waals surface area contributed by atoms with Gasteiger partial charge in [0.1, 0.15) is 11.4 Å². The minimum absolute atomic E-state index is 0.0844. The van der Waals surface area contributed by atoms with Gasteiger partial charge in [-0.2, -0.15) is 0 Å². The van der Waals surface area contributed by atoms with E-state index in [4.69, 9.17) is 4.74 Å². The van der Waals surface area contributed by atoms with Crippen molar-refractivity contribution in [2.45, 2.75) is 4.90 Å². The number of thioether (sulfide) groups is 1. The lowest BCUT2D eigenvalue weighted by Crippen LogP contribution is -2.30.